The first-order chi connectivity index (χ1) is 59.9. The highest BCUT2D eigenvalue weighted by Crippen LogP contribution is 2.37. The molecule has 0 atom stereocenters. The monoisotopic (exact) mass is 1610 g/mol. The van der Waals surface area contributed by atoms with Gasteiger partial charge >= 0.3 is 0 Å². The molecule has 0 saturated carbocycles. The average molecular weight is 1610 g/mol. The fourth-order valence-corrected chi connectivity index (χ4v) is 14.2. The van der Waals surface area contributed by atoms with Crippen LogP contribution in [0.4, 0.5) is 0 Å². The Hall–Kier alpha value is -14.7. The van der Waals surface area contributed by atoms with E-state index in [0.717, 1.165) is 107 Å². The minimum Gasteiger partial charge on any atom is -0.232 e. The minimum atomic E-state index is -0.0179. The van der Waals surface area contributed by atoms with Crippen molar-refractivity contribution in [2.24, 2.45) is 0 Å². The minimum absolute atomic E-state index is 0.0179. The second-order valence-electron chi connectivity index (χ2n) is 34.9. The first-order valence-corrected chi connectivity index (χ1v) is 42.3. The summed E-state index contributed by atoms with van der Waals surface area (Å²) < 4.78 is 0. The zero-order valence-electron chi connectivity index (χ0n) is 72.6. The Kier molecular flexibility index (Phi) is 25.8. The highest BCUT2D eigenvalue weighted by molar-refractivity contribution is 5.77. The fourth-order valence-electron chi connectivity index (χ4n) is 14.2. The quantitative estimate of drug-likeness (QED) is 0.104. The highest BCUT2D eigenvalue weighted by atomic mass is 15.0. The summed E-state index contributed by atoms with van der Waals surface area (Å²) in [5.41, 5.74) is 26.3. The molecule has 0 radical (unpaired) electrons. The molecule has 18 aromatic rings. The third kappa shape index (κ3) is 21.5. The van der Waals surface area contributed by atoms with Gasteiger partial charge in [-0.15, -0.1) is 0 Å². The van der Waals surface area contributed by atoms with Gasteiger partial charge in [0.1, 0.15) is 0 Å². The van der Waals surface area contributed by atoms with Crippen LogP contribution in [0.5, 0.6) is 0 Å². The highest BCUT2D eigenvalue weighted by Gasteiger charge is 2.23. The van der Waals surface area contributed by atoms with Gasteiger partial charge in [-0.2, -0.15) is 0 Å². The fraction of sp³-hybridized carbons (Fsp3) is 0.140. The Balaban J connectivity index is 0.000000131. The van der Waals surface area contributed by atoms with Crippen molar-refractivity contribution < 1.29 is 0 Å². The van der Waals surface area contributed by atoms with E-state index < -0.39 is 0 Å². The molecule has 608 valence electrons. The molecule has 0 aliphatic rings. The molecule has 0 aliphatic carbocycles. The van der Waals surface area contributed by atoms with Crippen LogP contribution in [0.3, 0.4) is 0 Å². The predicted octanol–water partition coefficient (Wildman–Crippen LogP) is 29.2. The molecular weight excluding hydrogens is 1510 g/mol. The molecule has 0 N–H and O–H groups in total. The molecule has 4 heterocycles. The van der Waals surface area contributed by atoms with Crippen LogP contribution >= 0.6 is 0 Å². The Labute approximate surface area is 730 Å². The van der Waals surface area contributed by atoms with E-state index in [0.29, 0.717) is 34.9 Å². The second kappa shape index (κ2) is 37.9. The first-order valence-electron chi connectivity index (χ1n) is 42.3. The van der Waals surface area contributed by atoms with E-state index in [1.807, 2.05) is 121 Å². The Morgan fingerprint density at radius 2 is 0.282 bits per heavy atom. The van der Waals surface area contributed by atoms with Crippen LogP contribution in [0.15, 0.2) is 400 Å². The van der Waals surface area contributed by atoms with E-state index in [4.69, 9.17) is 49.8 Å². The third-order valence-electron chi connectivity index (χ3n) is 21.5. The second-order valence-corrected chi connectivity index (χ2v) is 34.9. The van der Waals surface area contributed by atoms with Crippen molar-refractivity contribution in [3.63, 3.8) is 0 Å². The lowest BCUT2D eigenvalue weighted by Crippen LogP contribution is -2.15. The maximum Gasteiger partial charge on any atom is 0.164 e. The summed E-state index contributed by atoms with van der Waals surface area (Å²) in [5, 5.41) is 0. The van der Waals surface area contributed by atoms with Crippen LogP contribution in [0.2, 0.25) is 0 Å². The summed E-state index contributed by atoms with van der Waals surface area (Å²) in [4.78, 5) is 48.6. The summed E-state index contributed by atoms with van der Waals surface area (Å²) in [6.07, 6.45) is 0. The van der Waals surface area contributed by atoms with Gasteiger partial charge in [0.25, 0.3) is 0 Å². The number of benzene rings is 14. The van der Waals surface area contributed by atoms with Gasteiger partial charge in [0.2, 0.25) is 0 Å². The van der Waals surface area contributed by atoms with Gasteiger partial charge in [0.05, 0.1) is 22.8 Å². The Morgan fingerprint density at radius 1 is 0.129 bits per heavy atom. The predicted molar refractivity (Wildman–Crippen MR) is 515 cm³/mol. The number of hydrogen-bond acceptors (Lipinski definition) is 10. The van der Waals surface area contributed by atoms with Crippen molar-refractivity contribution in [2.45, 2.75) is 105 Å². The summed E-state index contributed by atoms with van der Waals surface area (Å²) in [6, 6.07) is 137. The Morgan fingerprint density at radius 3 is 0.508 bits per heavy atom. The molecule has 0 fully saturated rings. The smallest absolute Gasteiger partial charge is 0.164 e. The molecule has 10 heteroatoms. The molecule has 18 rings (SSSR count). The van der Waals surface area contributed by atoms with E-state index in [9.17, 15) is 0 Å². The van der Waals surface area contributed by atoms with Gasteiger partial charge in [0, 0.05) is 66.6 Å². The molecular formula is C114H102N10. The van der Waals surface area contributed by atoms with Crippen molar-refractivity contribution in [3.8, 4) is 158 Å². The molecule has 4 aromatic heterocycles. The summed E-state index contributed by atoms with van der Waals surface area (Å²) in [5.74, 6) is 5.54. The molecule has 0 unspecified atom stereocenters. The van der Waals surface area contributed by atoms with E-state index >= 15 is 0 Å². The zero-order valence-corrected chi connectivity index (χ0v) is 72.6. The lowest BCUT2D eigenvalue weighted by molar-refractivity contribution is 0.568. The largest absolute Gasteiger partial charge is 0.232 e. The van der Waals surface area contributed by atoms with E-state index in [1.165, 1.54) is 38.9 Å². The van der Waals surface area contributed by atoms with Crippen LogP contribution in [-0.4, -0.2) is 49.8 Å². The topological polar surface area (TPSA) is 129 Å². The normalized spacial score (nSPS) is 11.4. The van der Waals surface area contributed by atoms with Crippen molar-refractivity contribution in [2.75, 3.05) is 0 Å². The lowest BCUT2D eigenvalue weighted by atomic mass is 9.86. The van der Waals surface area contributed by atoms with Crippen LogP contribution in [0.25, 0.3) is 158 Å². The molecule has 0 aliphatic heterocycles. The lowest BCUT2D eigenvalue weighted by Gasteiger charge is -2.19. The van der Waals surface area contributed by atoms with Gasteiger partial charge < -0.3 is 0 Å². The molecule has 0 bridgehead atoms. The van der Waals surface area contributed by atoms with Crippen molar-refractivity contribution in [3.05, 3.63) is 423 Å². The van der Waals surface area contributed by atoms with Crippen LogP contribution in [0, 0.1) is 0 Å². The SMILES string of the molecule is CC(C)(C)c1cc(-c2ccccc2)nc(-c2ccccc2)n1.CC(C)(C)c1ccc(-c2cc(-c3ccccc3)nc(-c3ccccc3)n2)cc1.CC(C)(C)c1ccc(-c2nc(-c3ccc(-c4ccccc4)cc3)nc(-c3ccc(-c4ccccc4)cc3)n2)cc1.CC(C)(C)c1ccc(-c2nc(-c3ccccc3)nc(-c3ccc(-c4ccccc4)cc3)n2)cc1. The molecule has 124 heavy (non-hydrogen) atoms. The van der Waals surface area contributed by atoms with Crippen molar-refractivity contribution >= 4 is 0 Å². The molecule has 0 spiro atoms. The summed E-state index contributed by atoms with van der Waals surface area (Å²) >= 11 is 0. The number of aromatic nitrogens is 10. The van der Waals surface area contributed by atoms with Gasteiger partial charge in [-0.1, -0.05) is 471 Å². The third-order valence-corrected chi connectivity index (χ3v) is 21.5. The van der Waals surface area contributed by atoms with Gasteiger partial charge in [-0.3, -0.25) is 0 Å². The molecule has 10 nitrogen and oxygen atoms in total. The first kappa shape index (κ1) is 84.3. The molecule has 0 saturated heterocycles. The number of hydrogen-bond donors (Lipinski definition) is 0. The summed E-state index contributed by atoms with van der Waals surface area (Å²) in [7, 11) is 0. The average Bonchev–Trinajstić information content (AvgIpc) is 0.817. The standard InChI is InChI=1S/C37H31N3.C31H27N3.C26H24N2.C20H20N2/c1-37(2,3)33-24-22-32(23-25-33)36-39-34(30-18-14-28(15-19-30)26-10-6-4-7-11-26)38-35(40-36)31-20-16-29(17-21-31)27-12-8-5-9-13-27;1-31(2,3)27-20-18-26(19-21-27)30-33-28(24-12-8-5-9-13-24)32-29(34-30)25-16-14-23(15-17-25)22-10-6-4-7-11-22;1-26(2,3)22-16-14-20(15-17-22)24-18-23(19-10-6-4-7-11-19)27-25(28-24)21-12-8-5-9-13-21;1-20(2,3)18-14-17(15-10-6-4-7-11-15)21-19(22-18)16-12-8-5-9-13-16/h4-25H,1-3H3;4-21H,1-3H3;4-18H,1-3H3;4-14H,1-3H3. The number of nitrogens with zero attached hydrogens (tertiary/aromatic N) is 10. The van der Waals surface area contributed by atoms with Crippen molar-refractivity contribution in [1.29, 1.82) is 0 Å². The van der Waals surface area contributed by atoms with Gasteiger partial charge in [-0.05, 0) is 78.4 Å². The molecule has 14 aromatic carbocycles. The number of rotatable bonds is 14. The van der Waals surface area contributed by atoms with E-state index in [1.54, 1.807) is 0 Å². The maximum absolute atomic E-state index is 4.94. The maximum atomic E-state index is 4.94. The molecule has 0 amide bonds. The van der Waals surface area contributed by atoms with Crippen LogP contribution < -0.4 is 0 Å². The van der Waals surface area contributed by atoms with E-state index in [-0.39, 0.29) is 21.7 Å². The van der Waals surface area contributed by atoms with Crippen LogP contribution in [-0.2, 0) is 21.7 Å². The van der Waals surface area contributed by atoms with Gasteiger partial charge in [0.15, 0.2) is 46.6 Å². The Bertz CT molecular complexity index is 6280. The van der Waals surface area contributed by atoms with Crippen LogP contribution in [0.1, 0.15) is 105 Å². The van der Waals surface area contributed by atoms with Gasteiger partial charge in [-0.25, -0.2) is 49.8 Å². The van der Waals surface area contributed by atoms with E-state index in [2.05, 4.69) is 362 Å². The zero-order chi connectivity index (χ0) is 86.2. The summed E-state index contributed by atoms with van der Waals surface area (Å²) in [6.45, 7) is 26.5. The van der Waals surface area contributed by atoms with Crippen molar-refractivity contribution in [1.82, 2.24) is 49.8 Å².